The predicted octanol–water partition coefficient (Wildman–Crippen LogP) is 3.80. The Bertz CT molecular complexity index is 472. The Labute approximate surface area is 119 Å². The number of benzene rings is 1. The van der Waals surface area contributed by atoms with E-state index in [1.165, 1.54) is 29.2 Å². The third-order valence-corrected chi connectivity index (χ3v) is 3.63. The Morgan fingerprint density at radius 1 is 1.25 bits per heavy atom. The van der Waals surface area contributed by atoms with E-state index in [2.05, 4.69) is 5.32 Å². The number of rotatable bonds is 1. The summed E-state index contributed by atoms with van der Waals surface area (Å²) in [7, 11) is 0. The third-order valence-electron chi connectivity index (χ3n) is 3.27. The summed E-state index contributed by atoms with van der Waals surface area (Å²) in [6.07, 6.45) is -3.60. The Morgan fingerprint density at radius 2 is 1.90 bits per heavy atom. The number of alkyl halides is 3. The number of halogens is 4. The van der Waals surface area contributed by atoms with Crippen LogP contribution in [0.25, 0.3) is 0 Å². The van der Waals surface area contributed by atoms with E-state index in [1.807, 2.05) is 0 Å². The first kappa shape index (κ1) is 15.0. The van der Waals surface area contributed by atoms with Gasteiger partial charge in [0.15, 0.2) is 5.11 Å². The predicted molar refractivity (Wildman–Crippen MR) is 73.0 cm³/mol. The molecule has 0 aromatic heterocycles. The molecule has 1 aliphatic heterocycles. The SMILES string of the molecule is Fc1ccc(NC(=S)N2CCC[C@H](C(F)(F)F)C2)cc1. The van der Waals surface area contributed by atoms with Crippen LogP contribution >= 0.6 is 12.2 Å². The average molecular weight is 306 g/mol. The Morgan fingerprint density at radius 3 is 2.50 bits per heavy atom. The summed E-state index contributed by atoms with van der Waals surface area (Å²) in [6.45, 7) is 0.371. The molecule has 2 rings (SSSR count). The molecule has 1 heterocycles. The zero-order valence-electron chi connectivity index (χ0n) is 10.6. The number of piperidine rings is 1. The molecule has 1 N–H and O–H groups in total. The summed E-state index contributed by atoms with van der Waals surface area (Å²) in [5, 5.41) is 3.08. The molecule has 1 atom stereocenters. The van der Waals surface area contributed by atoms with Gasteiger partial charge in [0.25, 0.3) is 0 Å². The van der Waals surface area contributed by atoms with Crippen LogP contribution < -0.4 is 5.32 Å². The van der Waals surface area contributed by atoms with Crippen LogP contribution in [0.15, 0.2) is 24.3 Å². The van der Waals surface area contributed by atoms with Crippen molar-refractivity contribution >= 4 is 23.0 Å². The molecule has 0 unspecified atom stereocenters. The van der Waals surface area contributed by atoms with E-state index < -0.39 is 12.1 Å². The maximum absolute atomic E-state index is 12.8. The monoisotopic (exact) mass is 306 g/mol. The quantitative estimate of drug-likeness (QED) is 0.627. The molecule has 1 aromatic rings. The van der Waals surface area contributed by atoms with E-state index in [4.69, 9.17) is 12.2 Å². The highest BCUT2D eigenvalue weighted by atomic mass is 32.1. The molecule has 0 saturated carbocycles. The summed E-state index contributed by atoms with van der Waals surface area (Å²) in [4.78, 5) is 1.51. The molecule has 1 aromatic carbocycles. The molecule has 0 amide bonds. The van der Waals surface area contributed by atoms with Crippen molar-refractivity contribution in [1.29, 1.82) is 0 Å². The van der Waals surface area contributed by atoms with E-state index in [0.717, 1.165) is 0 Å². The summed E-state index contributed by atoms with van der Waals surface area (Å²) >= 11 is 5.12. The lowest BCUT2D eigenvalue weighted by Gasteiger charge is -2.35. The fraction of sp³-hybridized carbons (Fsp3) is 0.462. The van der Waals surface area contributed by atoms with Crippen molar-refractivity contribution in [1.82, 2.24) is 4.90 Å². The smallest absolute Gasteiger partial charge is 0.348 e. The lowest BCUT2D eigenvalue weighted by atomic mass is 9.98. The molecule has 0 bridgehead atoms. The maximum atomic E-state index is 12.8. The Kier molecular flexibility index (Phi) is 4.47. The van der Waals surface area contributed by atoms with Crippen LogP contribution in [-0.4, -0.2) is 29.3 Å². The highest BCUT2D eigenvalue weighted by molar-refractivity contribution is 7.80. The van der Waals surface area contributed by atoms with Gasteiger partial charge in [-0.1, -0.05) is 0 Å². The molecule has 1 saturated heterocycles. The van der Waals surface area contributed by atoms with E-state index in [1.54, 1.807) is 0 Å². The van der Waals surface area contributed by atoms with Gasteiger partial charge in [0.05, 0.1) is 5.92 Å². The van der Waals surface area contributed by atoms with Gasteiger partial charge in [0, 0.05) is 18.8 Å². The van der Waals surface area contributed by atoms with Crippen molar-refractivity contribution in [3.05, 3.63) is 30.1 Å². The number of hydrogen-bond acceptors (Lipinski definition) is 1. The fourth-order valence-electron chi connectivity index (χ4n) is 2.16. The number of anilines is 1. The number of nitrogens with one attached hydrogen (secondary N) is 1. The minimum atomic E-state index is -4.19. The molecule has 0 radical (unpaired) electrons. The Hall–Kier alpha value is -1.37. The van der Waals surface area contributed by atoms with Gasteiger partial charge < -0.3 is 10.2 Å². The largest absolute Gasteiger partial charge is 0.393 e. The fourth-order valence-corrected chi connectivity index (χ4v) is 2.45. The molecule has 2 nitrogen and oxygen atoms in total. The summed E-state index contributed by atoms with van der Waals surface area (Å²) in [5.41, 5.74) is 0.561. The van der Waals surface area contributed by atoms with Gasteiger partial charge in [-0.25, -0.2) is 4.39 Å². The van der Waals surface area contributed by atoms with E-state index in [9.17, 15) is 17.6 Å². The lowest BCUT2D eigenvalue weighted by molar-refractivity contribution is -0.183. The van der Waals surface area contributed by atoms with E-state index in [0.29, 0.717) is 18.7 Å². The highest BCUT2D eigenvalue weighted by Gasteiger charge is 2.42. The van der Waals surface area contributed by atoms with Crippen LogP contribution in [0.3, 0.4) is 0 Å². The van der Waals surface area contributed by atoms with Crippen molar-refractivity contribution in [2.45, 2.75) is 19.0 Å². The van der Waals surface area contributed by atoms with Crippen molar-refractivity contribution in [2.24, 2.45) is 5.92 Å². The van der Waals surface area contributed by atoms with E-state index in [-0.39, 0.29) is 23.9 Å². The molecule has 20 heavy (non-hydrogen) atoms. The van der Waals surface area contributed by atoms with E-state index >= 15 is 0 Å². The second-order valence-corrected chi connectivity index (χ2v) is 5.15. The molecule has 1 fully saturated rings. The van der Waals surface area contributed by atoms with Crippen LogP contribution in [0, 0.1) is 11.7 Å². The van der Waals surface area contributed by atoms with Crippen LogP contribution in [-0.2, 0) is 0 Å². The van der Waals surface area contributed by atoms with Crippen molar-refractivity contribution in [3.63, 3.8) is 0 Å². The highest BCUT2D eigenvalue weighted by Crippen LogP contribution is 2.33. The number of thiocarbonyl (C=S) groups is 1. The minimum Gasteiger partial charge on any atom is -0.348 e. The van der Waals surface area contributed by atoms with Gasteiger partial charge in [-0.2, -0.15) is 13.2 Å². The molecular weight excluding hydrogens is 292 g/mol. The number of hydrogen-bond donors (Lipinski definition) is 1. The van der Waals surface area contributed by atoms with Crippen LogP contribution in [0.4, 0.5) is 23.2 Å². The van der Waals surface area contributed by atoms with Crippen molar-refractivity contribution in [2.75, 3.05) is 18.4 Å². The van der Waals surface area contributed by atoms with Gasteiger partial charge in [0.2, 0.25) is 0 Å². The number of likely N-dealkylation sites (tertiary alicyclic amines) is 1. The van der Waals surface area contributed by atoms with Crippen LogP contribution in [0.5, 0.6) is 0 Å². The molecule has 1 aliphatic rings. The third kappa shape index (κ3) is 3.82. The second kappa shape index (κ2) is 5.95. The summed E-state index contributed by atoms with van der Waals surface area (Å²) in [6, 6.07) is 5.51. The first-order valence-corrected chi connectivity index (χ1v) is 6.65. The summed E-state index contributed by atoms with van der Waals surface area (Å²) < 4.78 is 50.9. The van der Waals surface area contributed by atoms with Gasteiger partial charge >= 0.3 is 6.18 Å². The van der Waals surface area contributed by atoms with Gasteiger partial charge in [-0.3, -0.25) is 0 Å². The molecular formula is C13H14F4N2S. The average Bonchev–Trinajstić information content (AvgIpc) is 2.40. The van der Waals surface area contributed by atoms with Gasteiger partial charge in [-0.15, -0.1) is 0 Å². The molecule has 0 spiro atoms. The van der Waals surface area contributed by atoms with Gasteiger partial charge in [0.1, 0.15) is 5.82 Å². The Balaban J connectivity index is 1.97. The van der Waals surface area contributed by atoms with Crippen molar-refractivity contribution in [3.8, 4) is 0 Å². The first-order valence-electron chi connectivity index (χ1n) is 6.24. The standard InChI is InChI=1S/C13H14F4N2S/c14-10-3-5-11(6-4-10)18-12(20)19-7-1-2-9(8-19)13(15,16)17/h3-6,9H,1-2,7-8H2,(H,18,20)/t9-/m0/s1. The maximum Gasteiger partial charge on any atom is 0.393 e. The zero-order valence-corrected chi connectivity index (χ0v) is 11.4. The molecule has 110 valence electrons. The zero-order chi connectivity index (χ0) is 14.8. The molecule has 0 aliphatic carbocycles. The van der Waals surface area contributed by atoms with Crippen molar-refractivity contribution < 1.29 is 17.6 Å². The topological polar surface area (TPSA) is 15.3 Å². The number of nitrogens with zero attached hydrogens (tertiary/aromatic N) is 1. The lowest BCUT2D eigenvalue weighted by Crippen LogP contribution is -2.46. The second-order valence-electron chi connectivity index (χ2n) is 4.76. The normalized spacial score (nSPS) is 19.8. The first-order chi connectivity index (χ1) is 9.36. The summed E-state index contributed by atoms with van der Waals surface area (Å²) in [5.74, 6) is -1.72. The van der Waals surface area contributed by atoms with Crippen LogP contribution in [0.1, 0.15) is 12.8 Å². The molecule has 7 heteroatoms. The minimum absolute atomic E-state index is 0.128. The van der Waals surface area contributed by atoms with Gasteiger partial charge in [-0.05, 0) is 49.3 Å². The van der Waals surface area contributed by atoms with Crippen LogP contribution in [0.2, 0.25) is 0 Å².